The van der Waals surface area contributed by atoms with Gasteiger partial charge in [0.25, 0.3) is 5.91 Å². The van der Waals surface area contributed by atoms with Crippen LogP contribution in [0.4, 0.5) is 20.4 Å². The molecule has 0 bridgehead atoms. The van der Waals surface area contributed by atoms with Crippen molar-refractivity contribution in [1.82, 2.24) is 24.8 Å². The van der Waals surface area contributed by atoms with Crippen LogP contribution in [0, 0.1) is 12.7 Å². The number of fused-ring (bicyclic) bond motifs is 3. The third-order valence-corrected chi connectivity index (χ3v) is 5.54. The predicted octanol–water partition coefficient (Wildman–Crippen LogP) is 2.76. The number of anilines is 2. The first kappa shape index (κ1) is 19.2. The number of nitrogens with two attached hydrogens (primary N) is 1. The summed E-state index contributed by atoms with van der Waals surface area (Å²) >= 11 is 0. The van der Waals surface area contributed by atoms with Crippen LogP contribution in [0.2, 0.25) is 0 Å². The molecule has 3 aromatic heterocycles. The summed E-state index contributed by atoms with van der Waals surface area (Å²) in [4.78, 5) is 21.9. The minimum atomic E-state index is -1.32. The third kappa shape index (κ3) is 2.94. The molecule has 31 heavy (non-hydrogen) atoms. The number of rotatable bonds is 2. The second kappa shape index (κ2) is 6.86. The fraction of sp³-hybridized carbons (Fsp3) is 0.238. The highest BCUT2D eigenvalue weighted by molar-refractivity contribution is 6.10. The lowest BCUT2D eigenvalue weighted by Crippen LogP contribution is -2.42. The molecule has 1 amide bonds. The Bertz CT molecular complexity index is 1350. The van der Waals surface area contributed by atoms with Gasteiger partial charge in [0, 0.05) is 24.2 Å². The van der Waals surface area contributed by atoms with Crippen LogP contribution < -0.4 is 10.7 Å². The minimum Gasteiger partial charge on any atom is -0.383 e. The molecule has 1 aliphatic rings. The van der Waals surface area contributed by atoms with Crippen LogP contribution >= 0.6 is 0 Å². The van der Waals surface area contributed by atoms with Crippen molar-refractivity contribution in [2.75, 3.05) is 23.8 Å². The standard InChI is InChI=1S/C21H19F2N7O/c1-11-6-17-14(18-15(19(24)27-17)8-26-28(18)2)7-13(11)21(31)30-10-12(22)9-29(30)20-16(23)4-3-5-25-20/h3-8,12H,9-10H2,1-2H3,(H2,24,27). The summed E-state index contributed by atoms with van der Waals surface area (Å²) in [7, 11) is 1.78. The first-order valence-corrected chi connectivity index (χ1v) is 9.70. The van der Waals surface area contributed by atoms with E-state index in [2.05, 4.69) is 15.1 Å². The summed E-state index contributed by atoms with van der Waals surface area (Å²) in [5.74, 6) is -0.804. The van der Waals surface area contributed by atoms with Gasteiger partial charge in [-0.05, 0) is 36.8 Å². The molecule has 1 unspecified atom stereocenters. The zero-order valence-corrected chi connectivity index (χ0v) is 16.9. The van der Waals surface area contributed by atoms with E-state index in [1.807, 2.05) is 0 Å². The first-order valence-electron chi connectivity index (χ1n) is 9.70. The molecule has 4 aromatic rings. The van der Waals surface area contributed by atoms with Crippen LogP contribution in [-0.4, -0.2) is 49.9 Å². The van der Waals surface area contributed by atoms with E-state index in [0.717, 1.165) is 5.52 Å². The number of pyridine rings is 2. The van der Waals surface area contributed by atoms with Crippen molar-refractivity contribution in [2.24, 2.45) is 7.05 Å². The lowest BCUT2D eigenvalue weighted by molar-refractivity contribution is 0.0763. The largest absolute Gasteiger partial charge is 0.383 e. The number of halogens is 2. The van der Waals surface area contributed by atoms with Gasteiger partial charge in [-0.25, -0.2) is 23.8 Å². The van der Waals surface area contributed by atoms with Gasteiger partial charge in [-0.1, -0.05) is 0 Å². The average Bonchev–Trinajstić information content (AvgIpc) is 3.31. The van der Waals surface area contributed by atoms with E-state index in [9.17, 15) is 13.6 Å². The van der Waals surface area contributed by atoms with Crippen LogP contribution in [0.3, 0.4) is 0 Å². The van der Waals surface area contributed by atoms with Gasteiger partial charge in [0.1, 0.15) is 12.0 Å². The van der Waals surface area contributed by atoms with E-state index in [4.69, 9.17) is 5.73 Å². The van der Waals surface area contributed by atoms with Crippen molar-refractivity contribution in [3.63, 3.8) is 0 Å². The quantitative estimate of drug-likeness (QED) is 0.533. The van der Waals surface area contributed by atoms with Crippen LogP contribution in [0.1, 0.15) is 15.9 Å². The maximum Gasteiger partial charge on any atom is 0.272 e. The zero-order valence-electron chi connectivity index (χ0n) is 16.9. The lowest BCUT2D eigenvalue weighted by Gasteiger charge is -2.29. The van der Waals surface area contributed by atoms with Gasteiger partial charge >= 0.3 is 0 Å². The van der Waals surface area contributed by atoms with Crippen molar-refractivity contribution in [3.05, 3.63) is 53.6 Å². The van der Waals surface area contributed by atoms with Gasteiger partial charge in [-0.3, -0.25) is 14.5 Å². The molecule has 1 saturated heterocycles. The Morgan fingerprint density at radius 3 is 2.84 bits per heavy atom. The highest BCUT2D eigenvalue weighted by Crippen LogP contribution is 2.31. The number of nitrogens with zero attached hydrogens (tertiary/aromatic N) is 6. The van der Waals surface area contributed by atoms with Gasteiger partial charge < -0.3 is 5.73 Å². The van der Waals surface area contributed by atoms with Crippen molar-refractivity contribution < 1.29 is 13.6 Å². The van der Waals surface area contributed by atoms with Crippen LogP contribution in [-0.2, 0) is 7.05 Å². The Kier molecular flexibility index (Phi) is 4.24. The summed E-state index contributed by atoms with van der Waals surface area (Å²) in [6.07, 6.45) is 1.71. The number of hydrogen-bond acceptors (Lipinski definition) is 6. The van der Waals surface area contributed by atoms with Gasteiger partial charge in [-0.15, -0.1) is 0 Å². The van der Waals surface area contributed by atoms with E-state index in [-0.39, 0.29) is 18.9 Å². The number of hydrazine groups is 1. The molecule has 1 aliphatic heterocycles. The number of aromatic nitrogens is 4. The fourth-order valence-corrected chi connectivity index (χ4v) is 4.07. The van der Waals surface area contributed by atoms with Crippen molar-refractivity contribution >= 4 is 39.3 Å². The van der Waals surface area contributed by atoms with E-state index >= 15 is 0 Å². The Balaban J connectivity index is 1.64. The molecule has 0 aliphatic carbocycles. The van der Waals surface area contributed by atoms with Gasteiger partial charge in [-0.2, -0.15) is 5.10 Å². The molecular formula is C21H19F2N7O. The van der Waals surface area contributed by atoms with Crippen LogP contribution in [0.5, 0.6) is 0 Å². The molecule has 0 spiro atoms. The van der Waals surface area contributed by atoms with Crippen molar-refractivity contribution in [2.45, 2.75) is 13.1 Å². The maximum atomic E-state index is 14.3. The number of carbonyl (C=O) groups excluding carboxylic acids is 1. The topological polar surface area (TPSA) is 93.2 Å². The predicted molar refractivity (Wildman–Crippen MR) is 113 cm³/mol. The molecule has 1 aromatic carbocycles. The molecule has 5 rings (SSSR count). The zero-order chi connectivity index (χ0) is 21.9. The van der Waals surface area contributed by atoms with E-state index in [0.29, 0.717) is 33.2 Å². The van der Waals surface area contributed by atoms with Gasteiger partial charge in [0.05, 0.1) is 35.7 Å². The number of amides is 1. The summed E-state index contributed by atoms with van der Waals surface area (Å²) in [6.45, 7) is 1.43. The number of carbonyl (C=O) groups is 1. The molecule has 2 N–H and O–H groups in total. The Labute approximate surface area is 175 Å². The minimum absolute atomic E-state index is 0.0853. The highest BCUT2D eigenvalue weighted by atomic mass is 19.1. The van der Waals surface area contributed by atoms with E-state index < -0.39 is 17.9 Å². The number of nitrogen functional groups attached to an aromatic ring is 1. The molecule has 0 radical (unpaired) electrons. The summed E-state index contributed by atoms with van der Waals surface area (Å²) in [5, 5.41) is 8.09. The van der Waals surface area contributed by atoms with Crippen LogP contribution in [0.25, 0.3) is 21.8 Å². The Morgan fingerprint density at radius 2 is 2.06 bits per heavy atom. The monoisotopic (exact) mass is 423 g/mol. The van der Waals surface area contributed by atoms with E-state index in [1.165, 1.54) is 28.3 Å². The Morgan fingerprint density at radius 1 is 1.26 bits per heavy atom. The number of alkyl halides is 1. The van der Waals surface area contributed by atoms with Crippen molar-refractivity contribution in [3.8, 4) is 0 Å². The molecule has 0 saturated carbocycles. The summed E-state index contributed by atoms with van der Waals surface area (Å²) < 4.78 is 30.3. The fourth-order valence-electron chi connectivity index (χ4n) is 4.07. The van der Waals surface area contributed by atoms with Gasteiger partial charge in [0.15, 0.2) is 11.6 Å². The smallest absolute Gasteiger partial charge is 0.272 e. The second-order valence-corrected chi connectivity index (χ2v) is 7.59. The maximum absolute atomic E-state index is 14.3. The normalized spacial score (nSPS) is 16.6. The Hall–Kier alpha value is -3.82. The molecule has 8 nitrogen and oxygen atoms in total. The first-order chi connectivity index (χ1) is 14.8. The summed E-state index contributed by atoms with van der Waals surface area (Å²) in [5.41, 5.74) is 8.44. The lowest BCUT2D eigenvalue weighted by atomic mass is 10.0. The second-order valence-electron chi connectivity index (χ2n) is 7.59. The van der Waals surface area contributed by atoms with Crippen LogP contribution in [0.15, 0.2) is 36.7 Å². The molecule has 1 fully saturated rings. The highest BCUT2D eigenvalue weighted by Gasteiger charge is 2.37. The average molecular weight is 423 g/mol. The molecule has 1 atom stereocenters. The molecule has 4 heterocycles. The third-order valence-electron chi connectivity index (χ3n) is 5.54. The molecule has 10 heteroatoms. The van der Waals surface area contributed by atoms with Crippen molar-refractivity contribution in [1.29, 1.82) is 0 Å². The van der Waals surface area contributed by atoms with Gasteiger partial charge in [0.2, 0.25) is 0 Å². The van der Waals surface area contributed by atoms with E-state index in [1.54, 1.807) is 37.0 Å². The molecular weight excluding hydrogens is 404 g/mol. The summed E-state index contributed by atoms with van der Waals surface area (Å²) in [6, 6.07) is 6.15. The number of aryl methyl sites for hydroxylation is 2. The number of hydrogen-bond donors (Lipinski definition) is 1. The molecule has 158 valence electrons. The number of benzene rings is 1. The SMILES string of the molecule is Cc1cc2nc(N)c3cnn(C)c3c2cc1C(=O)N1CC(F)CN1c1ncccc1F.